The van der Waals surface area contributed by atoms with E-state index in [0.29, 0.717) is 24.5 Å². The van der Waals surface area contributed by atoms with E-state index in [1.165, 1.54) is 6.42 Å². The molecule has 1 fully saturated rings. The van der Waals surface area contributed by atoms with Gasteiger partial charge in [-0.25, -0.2) is 0 Å². The summed E-state index contributed by atoms with van der Waals surface area (Å²) in [5.74, 6) is 1.18. The quantitative estimate of drug-likeness (QED) is 0.787. The van der Waals surface area contributed by atoms with E-state index in [1.807, 2.05) is 13.8 Å². The number of aliphatic hydroxyl groups is 1. The Labute approximate surface area is 125 Å². The molecule has 21 heavy (non-hydrogen) atoms. The van der Waals surface area contributed by atoms with Crippen molar-refractivity contribution in [3.05, 3.63) is 0 Å². The standard InChI is InChI=1S/C14H25N5O2/c1-3-15-12-16-13(18-14(17-12)21-4-2)19-9-6-5-7-11(19)8-10-20/h11,20H,3-10H2,1-2H3,(H,15,16,17,18). The van der Waals surface area contributed by atoms with Crippen molar-refractivity contribution in [1.82, 2.24) is 15.0 Å². The summed E-state index contributed by atoms with van der Waals surface area (Å²) in [6, 6.07) is 0.641. The Morgan fingerprint density at radius 2 is 2.14 bits per heavy atom. The first-order valence-electron chi connectivity index (χ1n) is 7.78. The second-order valence-electron chi connectivity index (χ2n) is 5.06. The van der Waals surface area contributed by atoms with Gasteiger partial charge in [-0.15, -0.1) is 0 Å². The van der Waals surface area contributed by atoms with Crippen molar-refractivity contribution in [2.45, 2.75) is 45.6 Å². The Morgan fingerprint density at radius 1 is 1.29 bits per heavy atom. The average molecular weight is 295 g/mol. The summed E-state index contributed by atoms with van der Waals surface area (Å²) in [6.45, 7) is 6.27. The van der Waals surface area contributed by atoms with Crippen LogP contribution in [0.5, 0.6) is 6.01 Å². The molecule has 2 rings (SSSR count). The lowest BCUT2D eigenvalue weighted by atomic mass is 10.0. The van der Waals surface area contributed by atoms with E-state index < -0.39 is 0 Å². The van der Waals surface area contributed by atoms with Gasteiger partial charge in [-0.2, -0.15) is 15.0 Å². The molecule has 1 aromatic heterocycles. The number of aliphatic hydroxyl groups excluding tert-OH is 1. The zero-order chi connectivity index (χ0) is 15.1. The molecule has 1 atom stereocenters. The number of hydrogen-bond acceptors (Lipinski definition) is 7. The van der Waals surface area contributed by atoms with Crippen LogP contribution in [0.1, 0.15) is 39.5 Å². The van der Waals surface area contributed by atoms with Crippen LogP contribution >= 0.6 is 0 Å². The third-order valence-corrected chi connectivity index (χ3v) is 3.56. The number of hydrogen-bond donors (Lipinski definition) is 2. The molecule has 1 saturated heterocycles. The van der Waals surface area contributed by atoms with Crippen LogP contribution in [0.4, 0.5) is 11.9 Å². The summed E-state index contributed by atoms with van der Waals surface area (Å²) >= 11 is 0. The first kappa shape index (κ1) is 15.8. The van der Waals surface area contributed by atoms with Gasteiger partial charge in [0, 0.05) is 25.7 Å². The van der Waals surface area contributed by atoms with Crippen molar-refractivity contribution in [2.75, 3.05) is 36.5 Å². The minimum absolute atomic E-state index is 0.185. The molecule has 1 unspecified atom stereocenters. The largest absolute Gasteiger partial charge is 0.464 e. The molecule has 7 heteroatoms. The Hall–Kier alpha value is -1.63. The molecular formula is C14H25N5O2. The molecule has 2 N–H and O–H groups in total. The highest BCUT2D eigenvalue weighted by Crippen LogP contribution is 2.25. The predicted molar refractivity (Wildman–Crippen MR) is 81.8 cm³/mol. The predicted octanol–water partition coefficient (Wildman–Crippen LogP) is 1.44. The normalized spacial score (nSPS) is 18.6. The van der Waals surface area contributed by atoms with Crippen molar-refractivity contribution in [1.29, 1.82) is 0 Å². The minimum atomic E-state index is 0.185. The molecule has 0 radical (unpaired) electrons. The van der Waals surface area contributed by atoms with E-state index in [2.05, 4.69) is 25.2 Å². The van der Waals surface area contributed by atoms with E-state index in [-0.39, 0.29) is 12.6 Å². The maximum absolute atomic E-state index is 9.24. The molecule has 0 aromatic carbocycles. The summed E-state index contributed by atoms with van der Waals surface area (Å²) in [7, 11) is 0. The van der Waals surface area contributed by atoms with Crippen molar-refractivity contribution < 1.29 is 9.84 Å². The van der Waals surface area contributed by atoms with Crippen molar-refractivity contribution in [2.24, 2.45) is 0 Å². The van der Waals surface area contributed by atoms with Crippen molar-refractivity contribution in [3.8, 4) is 6.01 Å². The third kappa shape index (κ3) is 4.17. The van der Waals surface area contributed by atoms with Crippen LogP contribution in [-0.2, 0) is 0 Å². The summed E-state index contributed by atoms with van der Waals surface area (Å²) in [6.07, 6.45) is 4.11. The molecule has 0 spiro atoms. The van der Waals surface area contributed by atoms with Gasteiger partial charge in [0.25, 0.3) is 0 Å². The highest BCUT2D eigenvalue weighted by atomic mass is 16.5. The first-order chi connectivity index (χ1) is 10.3. The first-order valence-corrected chi connectivity index (χ1v) is 7.78. The lowest BCUT2D eigenvalue weighted by Gasteiger charge is -2.35. The van der Waals surface area contributed by atoms with Gasteiger partial charge in [0.05, 0.1) is 6.61 Å². The average Bonchev–Trinajstić information content (AvgIpc) is 2.49. The topological polar surface area (TPSA) is 83.4 Å². The van der Waals surface area contributed by atoms with Gasteiger partial charge in [-0.1, -0.05) is 0 Å². The van der Waals surface area contributed by atoms with Crippen LogP contribution in [0.3, 0.4) is 0 Å². The fraction of sp³-hybridized carbons (Fsp3) is 0.786. The molecule has 7 nitrogen and oxygen atoms in total. The second kappa shape index (κ2) is 7.97. The molecule has 118 valence electrons. The van der Waals surface area contributed by atoms with Gasteiger partial charge in [0.2, 0.25) is 11.9 Å². The monoisotopic (exact) mass is 295 g/mol. The molecule has 0 amide bonds. The fourth-order valence-electron chi connectivity index (χ4n) is 2.62. The lowest BCUT2D eigenvalue weighted by molar-refractivity contribution is 0.261. The smallest absolute Gasteiger partial charge is 0.323 e. The molecule has 1 aromatic rings. The number of rotatable bonds is 7. The van der Waals surface area contributed by atoms with Crippen LogP contribution < -0.4 is 15.0 Å². The highest BCUT2D eigenvalue weighted by Gasteiger charge is 2.25. The molecule has 2 heterocycles. The van der Waals surface area contributed by atoms with E-state index in [4.69, 9.17) is 4.74 Å². The number of nitrogens with zero attached hydrogens (tertiary/aromatic N) is 4. The van der Waals surface area contributed by atoms with Gasteiger partial charge in [0.1, 0.15) is 0 Å². The molecule has 0 saturated carbocycles. The van der Waals surface area contributed by atoms with Gasteiger partial charge in [-0.3, -0.25) is 0 Å². The lowest BCUT2D eigenvalue weighted by Crippen LogP contribution is -2.41. The number of aromatic nitrogens is 3. The Morgan fingerprint density at radius 3 is 2.86 bits per heavy atom. The number of nitrogens with one attached hydrogen (secondary N) is 1. The van der Waals surface area contributed by atoms with E-state index >= 15 is 0 Å². The maximum atomic E-state index is 9.24. The summed E-state index contributed by atoms with van der Waals surface area (Å²) < 4.78 is 5.44. The van der Waals surface area contributed by atoms with Gasteiger partial charge >= 0.3 is 6.01 Å². The molecular weight excluding hydrogens is 270 g/mol. The SMILES string of the molecule is CCNc1nc(OCC)nc(N2CCCCC2CCO)n1. The van der Waals surface area contributed by atoms with Crippen LogP contribution in [-0.4, -0.2) is 52.4 Å². The Bertz CT molecular complexity index is 417. The van der Waals surface area contributed by atoms with Crippen LogP contribution in [0.25, 0.3) is 0 Å². The van der Waals surface area contributed by atoms with Crippen LogP contribution in [0.2, 0.25) is 0 Å². The molecule has 0 aliphatic carbocycles. The summed E-state index contributed by atoms with van der Waals surface area (Å²) in [5.41, 5.74) is 0. The summed E-state index contributed by atoms with van der Waals surface area (Å²) in [5, 5.41) is 12.4. The van der Waals surface area contributed by atoms with Crippen molar-refractivity contribution in [3.63, 3.8) is 0 Å². The Kier molecular flexibility index (Phi) is 5.98. The molecule has 0 bridgehead atoms. The van der Waals surface area contributed by atoms with Crippen molar-refractivity contribution >= 4 is 11.9 Å². The van der Waals surface area contributed by atoms with Gasteiger partial charge in [0.15, 0.2) is 0 Å². The number of anilines is 2. The number of ether oxygens (including phenoxy) is 1. The fourth-order valence-corrected chi connectivity index (χ4v) is 2.62. The molecule has 1 aliphatic rings. The van der Waals surface area contributed by atoms with Gasteiger partial charge in [-0.05, 0) is 39.5 Å². The zero-order valence-electron chi connectivity index (χ0n) is 12.9. The van der Waals surface area contributed by atoms with Crippen LogP contribution in [0.15, 0.2) is 0 Å². The van der Waals surface area contributed by atoms with E-state index in [1.54, 1.807) is 0 Å². The van der Waals surface area contributed by atoms with E-state index in [9.17, 15) is 5.11 Å². The second-order valence-corrected chi connectivity index (χ2v) is 5.06. The number of piperidine rings is 1. The Balaban J connectivity index is 2.26. The van der Waals surface area contributed by atoms with Gasteiger partial charge < -0.3 is 20.1 Å². The van der Waals surface area contributed by atoms with E-state index in [0.717, 1.165) is 32.4 Å². The van der Waals surface area contributed by atoms with Crippen LogP contribution in [0, 0.1) is 0 Å². The highest BCUT2D eigenvalue weighted by molar-refractivity contribution is 5.39. The third-order valence-electron chi connectivity index (χ3n) is 3.56. The molecule has 1 aliphatic heterocycles. The minimum Gasteiger partial charge on any atom is -0.464 e. The summed E-state index contributed by atoms with van der Waals surface area (Å²) in [4.78, 5) is 15.3. The maximum Gasteiger partial charge on any atom is 0.323 e. The zero-order valence-corrected chi connectivity index (χ0v) is 12.9.